The predicted octanol–water partition coefficient (Wildman–Crippen LogP) is 3.01. The van der Waals surface area contributed by atoms with Gasteiger partial charge in [-0.3, -0.25) is 4.99 Å². The standard InChI is InChI=1S/C19H27N5S/c1-13-5-7-17(8-6-13)24-10-9-16(12-24)23-19(20-4)21-11-18-14(2)22-15(3)25-18/h5-8,16H,9-12H2,1-4H3,(H2,20,21,23). The van der Waals surface area contributed by atoms with Crippen molar-refractivity contribution >= 4 is 23.0 Å². The Balaban J connectivity index is 1.52. The molecule has 1 aromatic carbocycles. The average Bonchev–Trinajstić information content (AvgIpc) is 3.18. The summed E-state index contributed by atoms with van der Waals surface area (Å²) in [5.74, 6) is 0.862. The fourth-order valence-electron chi connectivity index (χ4n) is 3.16. The van der Waals surface area contributed by atoms with Gasteiger partial charge in [0.1, 0.15) is 0 Å². The SMILES string of the molecule is CN=C(NCc1sc(C)nc1C)NC1CCN(c2ccc(C)cc2)C1. The van der Waals surface area contributed by atoms with Crippen LogP contribution in [0.15, 0.2) is 29.3 Å². The number of aryl methyl sites for hydroxylation is 3. The molecule has 1 aliphatic heterocycles. The van der Waals surface area contributed by atoms with Gasteiger partial charge < -0.3 is 15.5 Å². The Kier molecular flexibility index (Phi) is 5.58. The van der Waals surface area contributed by atoms with Gasteiger partial charge in [0, 0.05) is 36.7 Å². The van der Waals surface area contributed by atoms with Crippen LogP contribution in [0.1, 0.15) is 27.6 Å². The summed E-state index contributed by atoms with van der Waals surface area (Å²) in [6.07, 6.45) is 1.12. The van der Waals surface area contributed by atoms with Gasteiger partial charge in [-0.2, -0.15) is 0 Å². The molecule has 0 amide bonds. The zero-order valence-electron chi connectivity index (χ0n) is 15.5. The highest BCUT2D eigenvalue weighted by Crippen LogP contribution is 2.21. The molecule has 0 spiro atoms. The summed E-state index contributed by atoms with van der Waals surface area (Å²) < 4.78 is 0. The molecular weight excluding hydrogens is 330 g/mol. The highest BCUT2D eigenvalue weighted by atomic mass is 32.1. The van der Waals surface area contributed by atoms with Crippen LogP contribution in [0.4, 0.5) is 5.69 Å². The number of benzene rings is 1. The van der Waals surface area contributed by atoms with Gasteiger partial charge in [0.05, 0.1) is 17.2 Å². The molecule has 1 aromatic heterocycles. The maximum Gasteiger partial charge on any atom is 0.191 e. The third-order valence-electron chi connectivity index (χ3n) is 4.57. The quantitative estimate of drug-likeness (QED) is 0.652. The maximum atomic E-state index is 4.48. The van der Waals surface area contributed by atoms with E-state index < -0.39 is 0 Å². The summed E-state index contributed by atoms with van der Waals surface area (Å²) in [4.78, 5) is 12.6. The van der Waals surface area contributed by atoms with Crippen LogP contribution in [0.5, 0.6) is 0 Å². The number of aromatic nitrogens is 1. The third-order valence-corrected chi connectivity index (χ3v) is 5.64. The Bertz CT molecular complexity index is 735. The van der Waals surface area contributed by atoms with Crippen molar-refractivity contribution in [1.29, 1.82) is 0 Å². The zero-order chi connectivity index (χ0) is 17.8. The first-order valence-corrected chi connectivity index (χ1v) is 9.58. The number of guanidine groups is 1. The lowest BCUT2D eigenvalue weighted by atomic mass is 10.2. The van der Waals surface area contributed by atoms with Crippen molar-refractivity contribution in [3.8, 4) is 0 Å². The van der Waals surface area contributed by atoms with E-state index in [1.807, 2.05) is 14.0 Å². The molecule has 25 heavy (non-hydrogen) atoms. The van der Waals surface area contributed by atoms with E-state index in [2.05, 4.69) is 63.6 Å². The van der Waals surface area contributed by atoms with E-state index in [9.17, 15) is 0 Å². The summed E-state index contributed by atoms with van der Waals surface area (Å²) in [6, 6.07) is 9.18. The fourth-order valence-corrected chi connectivity index (χ4v) is 4.03. The van der Waals surface area contributed by atoms with E-state index in [0.29, 0.717) is 6.04 Å². The summed E-state index contributed by atoms with van der Waals surface area (Å²) in [7, 11) is 1.83. The lowest BCUT2D eigenvalue weighted by Crippen LogP contribution is -2.44. The molecule has 134 valence electrons. The smallest absolute Gasteiger partial charge is 0.191 e. The molecule has 0 aliphatic carbocycles. The first-order valence-electron chi connectivity index (χ1n) is 8.77. The number of hydrogen-bond acceptors (Lipinski definition) is 4. The normalized spacial score (nSPS) is 17.8. The fraction of sp³-hybridized carbons (Fsp3) is 0.474. The van der Waals surface area contributed by atoms with Crippen LogP contribution in [0.25, 0.3) is 0 Å². The van der Waals surface area contributed by atoms with Gasteiger partial charge in [-0.15, -0.1) is 11.3 Å². The summed E-state index contributed by atoms with van der Waals surface area (Å²) >= 11 is 1.74. The second-order valence-electron chi connectivity index (χ2n) is 6.58. The van der Waals surface area contributed by atoms with Gasteiger partial charge in [-0.25, -0.2) is 4.98 Å². The lowest BCUT2D eigenvalue weighted by Gasteiger charge is -2.20. The number of aliphatic imine (C=N–C) groups is 1. The van der Waals surface area contributed by atoms with Crippen molar-refractivity contribution < 1.29 is 0 Å². The second kappa shape index (κ2) is 7.87. The van der Waals surface area contributed by atoms with Crippen LogP contribution in [-0.2, 0) is 6.54 Å². The third kappa shape index (κ3) is 4.51. The monoisotopic (exact) mass is 357 g/mol. The molecule has 0 saturated carbocycles. The highest BCUT2D eigenvalue weighted by Gasteiger charge is 2.23. The second-order valence-corrected chi connectivity index (χ2v) is 7.87. The molecule has 1 unspecified atom stereocenters. The van der Waals surface area contributed by atoms with Crippen LogP contribution < -0.4 is 15.5 Å². The highest BCUT2D eigenvalue weighted by molar-refractivity contribution is 7.11. The molecule has 1 saturated heterocycles. The number of nitrogens with zero attached hydrogens (tertiary/aromatic N) is 3. The Morgan fingerprint density at radius 1 is 1.28 bits per heavy atom. The lowest BCUT2D eigenvalue weighted by molar-refractivity contribution is 0.649. The van der Waals surface area contributed by atoms with E-state index in [0.717, 1.165) is 42.7 Å². The summed E-state index contributed by atoms with van der Waals surface area (Å²) in [6.45, 7) is 9.08. The number of hydrogen-bond donors (Lipinski definition) is 2. The molecule has 2 N–H and O–H groups in total. The molecule has 2 aromatic rings. The molecule has 0 radical (unpaired) electrons. The molecule has 1 fully saturated rings. The van der Waals surface area contributed by atoms with Crippen LogP contribution >= 0.6 is 11.3 Å². The van der Waals surface area contributed by atoms with Crippen molar-refractivity contribution in [2.75, 3.05) is 25.0 Å². The minimum atomic E-state index is 0.414. The van der Waals surface area contributed by atoms with Gasteiger partial charge in [0.2, 0.25) is 0 Å². The van der Waals surface area contributed by atoms with Gasteiger partial charge >= 0.3 is 0 Å². The van der Waals surface area contributed by atoms with Crippen molar-refractivity contribution in [2.24, 2.45) is 4.99 Å². The Hall–Kier alpha value is -2.08. The molecule has 6 heteroatoms. The van der Waals surface area contributed by atoms with E-state index in [4.69, 9.17) is 0 Å². The van der Waals surface area contributed by atoms with Gasteiger partial charge in [0.15, 0.2) is 5.96 Å². The van der Waals surface area contributed by atoms with Gasteiger partial charge in [-0.05, 0) is 39.3 Å². The molecular formula is C19H27N5S. The van der Waals surface area contributed by atoms with E-state index in [-0.39, 0.29) is 0 Å². The van der Waals surface area contributed by atoms with Crippen molar-refractivity contribution in [3.63, 3.8) is 0 Å². The minimum absolute atomic E-state index is 0.414. The topological polar surface area (TPSA) is 52.6 Å². The number of nitrogens with one attached hydrogen (secondary N) is 2. The molecule has 1 atom stereocenters. The van der Waals surface area contributed by atoms with E-state index in [1.165, 1.54) is 16.1 Å². The van der Waals surface area contributed by atoms with Crippen LogP contribution in [0.3, 0.4) is 0 Å². The van der Waals surface area contributed by atoms with Crippen molar-refractivity contribution in [2.45, 2.75) is 39.8 Å². The number of rotatable bonds is 4. The molecule has 3 rings (SSSR count). The Morgan fingerprint density at radius 3 is 2.68 bits per heavy atom. The van der Waals surface area contributed by atoms with E-state index in [1.54, 1.807) is 11.3 Å². The van der Waals surface area contributed by atoms with Crippen LogP contribution in [0.2, 0.25) is 0 Å². The summed E-state index contributed by atoms with van der Waals surface area (Å²) in [5, 5.41) is 8.09. The molecule has 5 nitrogen and oxygen atoms in total. The number of thiazole rings is 1. The van der Waals surface area contributed by atoms with Gasteiger partial charge in [0.25, 0.3) is 0 Å². The van der Waals surface area contributed by atoms with Crippen LogP contribution in [-0.4, -0.2) is 37.1 Å². The molecule has 1 aliphatic rings. The largest absolute Gasteiger partial charge is 0.369 e. The first-order chi connectivity index (χ1) is 12.0. The number of anilines is 1. The Morgan fingerprint density at radius 2 is 2.04 bits per heavy atom. The Labute approximate surface area is 154 Å². The summed E-state index contributed by atoms with van der Waals surface area (Å²) in [5.41, 5.74) is 3.71. The van der Waals surface area contributed by atoms with Crippen molar-refractivity contribution in [3.05, 3.63) is 45.4 Å². The first kappa shape index (κ1) is 17.7. The van der Waals surface area contributed by atoms with Crippen LogP contribution in [0, 0.1) is 20.8 Å². The zero-order valence-corrected chi connectivity index (χ0v) is 16.3. The van der Waals surface area contributed by atoms with Gasteiger partial charge in [-0.1, -0.05) is 17.7 Å². The minimum Gasteiger partial charge on any atom is -0.369 e. The predicted molar refractivity (Wildman–Crippen MR) is 107 cm³/mol. The maximum absolute atomic E-state index is 4.48. The average molecular weight is 358 g/mol. The molecule has 2 heterocycles. The van der Waals surface area contributed by atoms with E-state index >= 15 is 0 Å². The molecule has 0 bridgehead atoms. The van der Waals surface area contributed by atoms with Crippen molar-refractivity contribution in [1.82, 2.24) is 15.6 Å².